The van der Waals surface area contributed by atoms with Gasteiger partial charge in [0, 0.05) is 20.8 Å². The molecule has 0 saturated heterocycles. The second kappa shape index (κ2) is 7.46. The Kier molecular flexibility index (Phi) is 4.98. The van der Waals surface area contributed by atoms with E-state index in [9.17, 15) is 14.7 Å². The first-order valence-electron chi connectivity index (χ1n) is 8.85. The first-order chi connectivity index (χ1) is 13.8. The molecule has 0 aliphatic rings. The number of benzene rings is 2. The maximum atomic E-state index is 12.6. The molecule has 4 rings (SSSR count). The third-order valence-corrected chi connectivity index (χ3v) is 5.89. The number of carboxylic acids is 1. The monoisotopic (exact) mass is 425 g/mol. The third kappa shape index (κ3) is 3.81. The van der Waals surface area contributed by atoms with E-state index < -0.39 is 11.6 Å². The highest BCUT2D eigenvalue weighted by Gasteiger charge is 2.20. The Labute approximate surface area is 175 Å². The van der Waals surface area contributed by atoms with Gasteiger partial charge >= 0.3 is 11.6 Å². The smallest absolute Gasteiger partial charge is 0.346 e. The quantitative estimate of drug-likeness (QED) is 0.438. The summed E-state index contributed by atoms with van der Waals surface area (Å²) in [6.07, 6.45) is -0.176. The van der Waals surface area contributed by atoms with Gasteiger partial charge in [0.25, 0.3) is 0 Å². The van der Waals surface area contributed by atoms with E-state index in [0.29, 0.717) is 31.6 Å². The second-order valence-corrected chi connectivity index (χ2v) is 8.33. The van der Waals surface area contributed by atoms with Crippen LogP contribution in [0.4, 0.5) is 0 Å². The van der Waals surface area contributed by atoms with E-state index in [1.165, 1.54) is 11.3 Å². The van der Waals surface area contributed by atoms with Crippen molar-refractivity contribution in [3.63, 3.8) is 0 Å². The Hall–Kier alpha value is -2.96. The molecule has 0 bridgehead atoms. The second-order valence-electron chi connectivity index (χ2n) is 6.81. The highest BCUT2D eigenvalue weighted by Crippen LogP contribution is 2.36. The standard InChI is InChI=1S/C22H16ClNO4S/c1-11-3-5-15(12(2)7-11)20-18(10-19(25)26)29-21(24-20)16-9-13-8-14(23)4-6-17(13)28-22(16)27/h3-9H,10H2,1-2H3,(H,25,26). The molecule has 0 aliphatic carbocycles. The van der Waals surface area contributed by atoms with Gasteiger partial charge in [0.05, 0.1) is 17.7 Å². The van der Waals surface area contributed by atoms with Crippen molar-refractivity contribution >= 4 is 39.9 Å². The average molecular weight is 426 g/mol. The SMILES string of the molecule is Cc1ccc(-c2nc(-c3cc4cc(Cl)ccc4oc3=O)sc2CC(=O)O)c(C)c1. The van der Waals surface area contributed by atoms with Crippen LogP contribution < -0.4 is 5.63 Å². The summed E-state index contributed by atoms with van der Waals surface area (Å²) in [4.78, 5) is 29.2. The Morgan fingerprint density at radius 2 is 1.93 bits per heavy atom. The molecule has 0 spiro atoms. The number of nitrogens with zero attached hydrogens (tertiary/aromatic N) is 1. The van der Waals surface area contributed by atoms with E-state index in [2.05, 4.69) is 4.98 Å². The van der Waals surface area contributed by atoms with Gasteiger partial charge in [-0.15, -0.1) is 11.3 Å². The summed E-state index contributed by atoms with van der Waals surface area (Å²) in [6.45, 7) is 3.95. The predicted molar refractivity (Wildman–Crippen MR) is 115 cm³/mol. The molecular weight excluding hydrogens is 410 g/mol. The first-order valence-corrected chi connectivity index (χ1v) is 10.0. The van der Waals surface area contributed by atoms with Gasteiger partial charge in [-0.05, 0) is 43.7 Å². The van der Waals surface area contributed by atoms with Gasteiger partial charge in [0.2, 0.25) is 0 Å². The maximum absolute atomic E-state index is 12.6. The van der Waals surface area contributed by atoms with Gasteiger partial charge in [-0.25, -0.2) is 9.78 Å². The van der Waals surface area contributed by atoms with Crippen molar-refractivity contribution < 1.29 is 14.3 Å². The van der Waals surface area contributed by atoms with Gasteiger partial charge in [-0.3, -0.25) is 4.79 Å². The van der Waals surface area contributed by atoms with Crippen molar-refractivity contribution in [3.05, 3.63) is 73.9 Å². The molecule has 2 aromatic carbocycles. The van der Waals surface area contributed by atoms with Crippen LogP contribution in [-0.2, 0) is 11.2 Å². The lowest BCUT2D eigenvalue weighted by Crippen LogP contribution is -2.02. The van der Waals surface area contributed by atoms with Crippen LogP contribution in [0.3, 0.4) is 0 Å². The predicted octanol–water partition coefficient (Wildman–Crippen LogP) is 5.48. The fourth-order valence-corrected chi connectivity index (χ4v) is 4.51. The Bertz CT molecular complexity index is 1320. The van der Waals surface area contributed by atoms with Crippen LogP contribution in [0.5, 0.6) is 0 Å². The Morgan fingerprint density at radius 3 is 2.66 bits per heavy atom. The highest BCUT2D eigenvalue weighted by atomic mass is 35.5. The van der Waals surface area contributed by atoms with Crippen molar-refractivity contribution in [1.82, 2.24) is 4.98 Å². The van der Waals surface area contributed by atoms with Crippen molar-refractivity contribution in [2.75, 3.05) is 0 Å². The van der Waals surface area contributed by atoms with Crippen LogP contribution in [0.15, 0.2) is 51.7 Å². The lowest BCUT2D eigenvalue weighted by Gasteiger charge is -2.06. The Balaban J connectivity index is 1.92. The number of aromatic nitrogens is 1. The van der Waals surface area contributed by atoms with Crippen LogP contribution in [-0.4, -0.2) is 16.1 Å². The van der Waals surface area contributed by atoms with Crippen LogP contribution in [0.1, 0.15) is 16.0 Å². The molecule has 146 valence electrons. The number of carboxylic acid groups (broad SMARTS) is 1. The summed E-state index contributed by atoms with van der Waals surface area (Å²) in [7, 11) is 0. The molecule has 0 atom stereocenters. The zero-order valence-electron chi connectivity index (χ0n) is 15.7. The summed E-state index contributed by atoms with van der Waals surface area (Å²) < 4.78 is 5.41. The molecule has 29 heavy (non-hydrogen) atoms. The largest absolute Gasteiger partial charge is 0.481 e. The summed E-state index contributed by atoms with van der Waals surface area (Å²) in [6, 6.07) is 12.6. The Morgan fingerprint density at radius 1 is 1.14 bits per heavy atom. The van der Waals surface area contributed by atoms with Gasteiger partial charge in [-0.2, -0.15) is 0 Å². The van der Waals surface area contributed by atoms with E-state index in [0.717, 1.165) is 16.7 Å². The van der Waals surface area contributed by atoms with E-state index >= 15 is 0 Å². The topological polar surface area (TPSA) is 80.4 Å². The molecule has 0 radical (unpaired) electrons. The minimum absolute atomic E-state index is 0.176. The molecule has 0 saturated carbocycles. The van der Waals surface area contributed by atoms with Gasteiger partial charge in [-0.1, -0.05) is 35.4 Å². The summed E-state index contributed by atoms with van der Waals surface area (Å²) in [5, 5.41) is 11.0. The average Bonchev–Trinajstić information content (AvgIpc) is 3.04. The molecule has 0 aliphatic heterocycles. The van der Waals surface area contributed by atoms with Crippen LogP contribution in [0.2, 0.25) is 5.02 Å². The molecule has 0 amide bonds. The van der Waals surface area contributed by atoms with Crippen molar-refractivity contribution in [3.8, 4) is 21.8 Å². The zero-order valence-corrected chi connectivity index (χ0v) is 17.2. The number of hydrogen-bond donors (Lipinski definition) is 1. The number of rotatable bonds is 4. The van der Waals surface area contributed by atoms with Crippen molar-refractivity contribution in [2.45, 2.75) is 20.3 Å². The third-order valence-electron chi connectivity index (χ3n) is 4.57. The van der Waals surface area contributed by atoms with Crippen LogP contribution in [0.25, 0.3) is 32.8 Å². The fraction of sp³-hybridized carbons (Fsp3) is 0.136. The minimum atomic E-state index is -0.955. The molecule has 0 fully saturated rings. The van der Waals surface area contributed by atoms with Crippen LogP contribution in [0, 0.1) is 13.8 Å². The lowest BCUT2D eigenvalue weighted by molar-refractivity contribution is -0.136. The zero-order chi connectivity index (χ0) is 20.7. The first kappa shape index (κ1) is 19.4. The lowest BCUT2D eigenvalue weighted by atomic mass is 10.0. The molecule has 2 heterocycles. The molecule has 2 aromatic heterocycles. The molecule has 7 heteroatoms. The van der Waals surface area contributed by atoms with Crippen LogP contribution >= 0.6 is 22.9 Å². The van der Waals surface area contributed by atoms with Crippen molar-refractivity contribution in [2.24, 2.45) is 0 Å². The molecular formula is C22H16ClNO4S. The molecule has 0 unspecified atom stereocenters. The summed E-state index contributed by atoms with van der Waals surface area (Å²) in [5.41, 5.74) is 3.72. The highest BCUT2D eigenvalue weighted by molar-refractivity contribution is 7.15. The summed E-state index contributed by atoms with van der Waals surface area (Å²) in [5.74, 6) is -0.955. The number of aliphatic carboxylic acids is 1. The van der Waals surface area contributed by atoms with E-state index in [-0.39, 0.29) is 12.0 Å². The summed E-state index contributed by atoms with van der Waals surface area (Å²) >= 11 is 7.25. The minimum Gasteiger partial charge on any atom is -0.481 e. The number of aryl methyl sites for hydroxylation is 2. The number of halogens is 1. The molecule has 1 N–H and O–H groups in total. The van der Waals surface area contributed by atoms with Gasteiger partial charge in [0.1, 0.15) is 10.6 Å². The fourth-order valence-electron chi connectivity index (χ4n) is 3.26. The normalized spacial score (nSPS) is 11.1. The number of thiazole rings is 1. The van der Waals surface area contributed by atoms with Gasteiger partial charge < -0.3 is 9.52 Å². The number of fused-ring (bicyclic) bond motifs is 1. The van der Waals surface area contributed by atoms with E-state index in [1.54, 1.807) is 24.3 Å². The number of hydrogen-bond acceptors (Lipinski definition) is 5. The van der Waals surface area contributed by atoms with Gasteiger partial charge in [0.15, 0.2) is 0 Å². The molecule has 4 aromatic rings. The van der Waals surface area contributed by atoms with E-state index in [4.69, 9.17) is 16.0 Å². The van der Waals surface area contributed by atoms with Crippen molar-refractivity contribution in [1.29, 1.82) is 0 Å². The number of carbonyl (C=O) groups is 1. The maximum Gasteiger partial charge on any atom is 0.346 e. The molecule has 5 nitrogen and oxygen atoms in total. The van der Waals surface area contributed by atoms with E-state index in [1.807, 2.05) is 32.0 Å².